The molecule has 1 aromatic heterocycles. The van der Waals surface area contributed by atoms with Gasteiger partial charge in [0.25, 0.3) is 5.91 Å². The minimum Gasteiger partial charge on any atom is -0.497 e. The molecule has 1 aliphatic rings. The summed E-state index contributed by atoms with van der Waals surface area (Å²) in [5.41, 5.74) is 4.55. The van der Waals surface area contributed by atoms with Gasteiger partial charge in [-0.25, -0.2) is 4.98 Å². The van der Waals surface area contributed by atoms with E-state index in [1.165, 1.54) is 33.9 Å². The largest absolute Gasteiger partial charge is 0.497 e. The Hall–Kier alpha value is -4.11. The molecule has 38 heavy (non-hydrogen) atoms. The third kappa shape index (κ3) is 5.02. The van der Waals surface area contributed by atoms with Gasteiger partial charge in [-0.15, -0.1) is 0 Å². The van der Waals surface area contributed by atoms with Gasteiger partial charge in [0.1, 0.15) is 5.75 Å². The summed E-state index contributed by atoms with van der Waals surface area (Å²) < 4.78 is 22.6. The number of carbonyl (C=O) groups excluding carboxylic acids is 1. The van der Waals surface area contributed by atoms with Gasteiger partial charge in [0.2, 0.25) is 10.9 Å². The maximum atomic E-state index is 13.9. The molecule has 0 spiro atoms. The van der Waals surface area contributed by atoms with Crippen molar-refractivity contribution in [1.29, 1.82) is 0 Å². The zero-order valence-electron chi connectivity index (χ0n) is 21.8. The third-order valence-electron chi connectivity index (χ3n) is 6.56. The Morgan fingerprint density at radius 3 is 2.32 bits per heavy atom. The highest BCUT2D eigenvalue weighted by Crippen LogP contribution is 2.38. The summed E-state index contributed by atoms with van der Waals surface area (Å²) in [6, 6.07) is 15.1. The summed E-state index contributed by atoms with van der Waals surface area (Å²) in [6.07, 6.45) is 5.93. The summed E-state index contributed by atoms with van der Waals surface area (Å²) in [6.45, 7) is 0. The Balaban J connectivity index is 1.57. The number of amides is 1. The maximum Gasteiger partial charge on any atom is 0.280 e. The maximum absolute atomic E-state index is 13.9. The zero-order valence-corrected chi connectivity index (χ0v) is 22.6. The summed E-state index contributed by atoms with van der Waals surface area (Å²) in [5.74, 6) is 1.93. The number of hydrazone groups is 1. The van der Waals surface area contributed by atoms with Crippen molar-refractivity contribution >= 4 is 38.8 Å². The number of benzene rings is 3. The molecule has 3 aromatic carbocycles. The number of ether oxygens (including phenoxy) is 4. The van der Waals surface area contributed by atoms with Gasteiger partial charge in [0.05, 0.1) is 44.9 Å². The Kier molecular flexibility index (Phi) is 7.46. The van der Waals surface area contributed by atoms with Crippen molar-refractivity contribution in [3.63, 3.8) is 0 Å². The van der Waals surface area contributed by atoms with Crippen LogP contribution in [0.4, 0.5) is 5.13 Å². The van der Waals surface area contributed by atoms with E-state index in [0.717, 1.165) is 35.2 Å². The number of anilines is 1. The highest BCUT2D eigenvalue weighted by atomic mass is 32.1. The molecule has 196 valence electrons. The molecule has 1 amide bonds. The van der Waals surface area contributed by atoms with Crippen LogP contribution in [0.3, 0.4) is 0 Å². The molecule has 0 saturated heterocycles. The zero-order chi connectivity index (χ0) is 26.6. The lowest BCUT2D eigenvalue weighted by Crippen LogP contribution is -2.26. The van der Waals surface area contributed by atoms with E-state index in [9.17, 15) is 4.79 Å². The summed E-state index contributed by atoms with van der Waals surface area (Å²) in [5, 5.41) is 6.43. The summed E-state index contributed by atoms with van der Waals surface area (Å²) in [4.78, 5) is 18.6. The predicted octanol–water partition coefficient (Wildman–Crippen LogP) is 5.89. The molecule has 0 fully saturated rings. The third-order valence-corrected chi connectivity index (χ3v) is 7.56. The van der Waals surface area contributed by atoms with Crippen molar-refractivity contribution in [2.24, 2.45) is 5.10 Å². The first-order valence-electron chi connectivity index (χ1n) is 12.3. The second kappa shape index (κ2) is 11.1. The van der Waals surface area contributed by atoms with Crippen molar-refractivity contribution in [1.82, 2.24) is 4.98 Å². The second-order valence-electron chi connectivity index (χ2n) is 8.84. The monoisotopic (exact) mass is 531 g/mol. The summed E-state index contributed by atoms with van der Waals surface area (Å²) >= 11 is 1.37. The quantitative estimate of drug-likeness (QED) is 0.208. The summed E-state index contributed by atoms with van der Waals surface area (Å²) in [7, 11) is 6.28. The van der Waals surface area contributed by atoms with Crippen LogP contribution in [0.2, 0.25) is 0 Å². The van der Waals surface area contributed by atoms with Crippen LogP contribution in [-0.2, 0) is 12.8 Å². The van der Waals surface area contributed by atoms with E-state index in [1.54, 1.807) is 46.8 Å². The van der Waals surface area contributed by atoms with Gasteiger partial charge in [-0.2, -0.15) is 10.1 Å². The van der Waals surface area contributed by atoms with Gasteiger partial charge in [-0.05, 0) is 79.3 Å². The van der Waals surface area contributed by atoms with Crippen LogP contribution in [0.15, 0.2) is 53.6 Å². The number of nitrogens with zero attached hydrogens (tertiary/aromatic N) is 3. The lowest BCUT2D eigenvalue weighted by atomic mass is 9.90. The molecule has 0 atom stereocenters. The van der Waals surface area contributed by atoms with Gasteiger partial charge in [-0.3, -0.25) is 4.79 Å². The average molecular weight is 532 g/mol. The SMILES string of the molecule is COc1ccc2nc(N(/N=C/c3cc(OC)c(OC)c(OC)c3)C(=O)c3ccc4c(c3)CCCC4)sc2c1. The Bertz CT molecular complexity index is 1490. The van der Waals surface area contributed by atoms with Crippen molar-refractivity contribution in [2.75, 3.05) is 33.4 Å². The van der Waals surface area contributed by atoms with Crippen LogP contribution < -0.4 is 24.0 Å². The van der Waals surface area contributed by atoms with Gasteiger partial charge in [-0.1, -0.05) is 17.4 Å². The van der Waals surface area contributed by atoms with Gasteiger partial charge in [0, 0.05) is 11.1 Å². The van der Waals surface area contributed by atoms with E-state index in [1.807, 2.05) is 30.3 Å². The molecular formula is C29H29N3O5S. The molecule has 5 rings (SSSR count). The molecule has 1 heterocycles. The molecule has 4 aromatic rings. The number of carbonyl (C=O) groups is 1. The van der Waals surface area contributed by atoms with Gasteiger partial charge < -0.3 is 18.9 Å². The fraction of sp³-hybridized carbons (Fsp3) is 0.276. The first-order chi connectivity index (χ1) is 18.5. The number of aromatic nitrogens is 1. The van der Waals surface area contributed by atoms with Crippen molar-refractivity contribution in [2.45, 2.75) is 25.7 Å². The first-order valence-corrected chi connectivity index (χ1v) is 13.1. The molecule has 0 radical (unpaired) electrons. The van der Waals surface area contributed by atoms with Crippen molar-refractivity contribution < 1.29 is 23.7 Å². The predicted molar refractivity (Wildman–Crippen MR) is 150 cm³/mol. The van der Waals surface area contributed by atoms with Gasteiger partial charge in [0.15, 0.2) is 11.5 Å². The average Bonchev–Trinajstić information content (AvgIpc) is 3.39. The minimum absolute atomic E-state index is 0.256. The standard InChI is InChI=1S/C29H29N3O5S/c1-34-22-11-12-23-26(16-22)38-29(31-23)32(28(33)21-10-9-19-7-5-6-8-20(19)15-21)30-17-18-13-24(35-2)27(37-4)25(14-18)36-3/h9-17H,5-8H2,1-4H3/b30-17+. The van der Waals surface area contributed by atoms with E-state index in [4.69, 9.17) is 23.9 Å². The van der Waals surface area contributed by atoms with E-state index in [2.05, 4.69) is 11.2 Å². The van der Waals surface area contributed by atoms with Crippen LogP contribution in [0.5, 0.6) is 23.0 Å². The van der Waals surface area contributed by atoms with Crippen molar-refractivity contribution in [3.05, 3.63) is 70.8 Å². The number of methoxy groups -OCH3 is 4. The Labute approximate surface area is 225 Å². The number of thiazole rings is 1. The molecular weight excluding hydrogens is 502 g/mol. The van der Waals surface area contributed by atoms with Crippen LogP contribution in [-0.4, -0.2) is 45.5 Å². The Morgan fingerprint density at radius 2 is 1.63 bits per heavy atom. The number of fused-ring (bicyclic) bond motifs is 2. The lowest BCUT2D eigenvalue weighted by molar-refractivity contribution is 0.0987. The van der Waals surface area contributed by atoms with E-state index in [-0.39, 0.29) is 5.91 Å². The smallest absolute Gasteiger partial charge is 0.280 e. The molecule has 0 saturated carbocycles. The second-order valence-corrected chi connectivity index (χ2v) is 9.85. The number of hydrogen-bond acceptors (Lipinski definition) is 8. The highest BCUT2D eigenvalue weighted by Gasteiger charge is 2.23. The molecule has 0 aliphatic heterocycles. The molecule has 0 N–H and O–H groups in total. The number of hydrogen-bond donors (Lipinski definition) is 0. The fourth-order valence-electron chi connectivity index (χ4n) is 4.59. The topological polar surface area (TPSA) is 82.5 Å². The van der Waals surface area contributed by atoms with Crippen LogP contribution in [0.1, 0.15) is 39.9 Å². The minimum atomic E-state index is -0.256. The molecule has 1 aliphatic carbocycles. The van der Waals surface area contributed by atoms with Crippen LogP contribution in [0, 0.1) is 0 Å². The fourth-order valence-corrected chi connectivity index (χ4v) is 5.54. The molecule has 8 nitrogen and oxygen atoms in total. The van der Waals surface area contributed by atoms with E-state index >= 15 is 0 Å². The number of aryl methyl sites for hydroxylation is 2. The van der Waals surface area contributed by atoms with Gasteiger partial charge >= 0.3 is 0 Å². The van der Waals surface area contributed by atoms with Crippen LogP contribution in [0.25, 0.3) is 10.2 Å². The Morgan fingerprint density at radius 1 is 0.895 bits per heavy atom. The van der Waals surface area contributed by atoms with E-state index in [0.29, 0.717) is 33.5 Å². The normalized spacial score (nSPS) is 12.8. The molecule has 0 bridgehead atoms. The molecule has 9 heteroatoms. The van der Waals surface area contributed by atoms with Crippen molar-refractivity contribution in [3.8, 4) is 23.0 Å². The first kappa shape index (κ1) is 25.5. The highest BCUT2D eigenvalue weighted by molar-refractivity contribution is 7.22. The number of rotatable bonds is 8. The lowest BCUT2D eigenvalue weighted by Gasteiger charge is -2.18. The molecule has 0 unspecified atom stereocenters. The van der Waals surface area contributed by atoms with E-state index < -0.39 is 0 Å². The van der Waals surface area contributed by atoms with Crippen LogP contribution >= 0.6 is 11.3 Å².